The molecule has 4 nitrogen and oxygen atoms in total. The summed E-state index contributed by atoms with van der Waals surface area (Å²) in [6, 6.07) is 10.9. The average molecular weight is 187 g/mol. The highest BCUT2D eigenvalue weighted by Gasteiger charge is 1.94. The van der Waals surface area contributed by atoms with Crippen molar-refractivity contribution in [2.45, 2.75) is 13.1 Å². The third-order valence-corrected chi connectivity index (χ3v) is 1.90. The maximum atomic E-state index is 3.70. The number of hydrogen-bond donors (Lipinski definition) is 2. The minimum Gasteiger partial charge on any atom is -0.307 e. The standard InChI is InChI=1S/C10H11N4/c1-2-4-9(5-3-1)6-11-7-10-8-12-14-13-10/h2-5,8,11H,6-7H2,(H,12,13,14). The average Bonchev–Trinajstić information content (AvgIpc) is 2.72. The first-order chi connectivity index (χ1) is 6.95. The van der Waals surface area contributed by atoms with E-state index >= 15 is 0 Å². The molecule has 0 bridgehead atoms. The van der Waals surface area contributed by atoms with Gasteiger partial charge in [-0.2, -0.15) is 0 Å². The molecule has 0 unspecified atom stereocenters. The third kappa shape index (κ3) is 2.40. The second kappa shape index (κ2) is 4.53. The number of benzene rings is 1. The lowest BCUT2D eigenvalue weighted by atomic mass is 10.2. The molecule has 0 atom stereocenters. The molecule has 2 N–H and O–H groups in total. The molecule has 71 valence electrons. The highest BCUT2D eigenvalue weighted by molar-refractivity contribution is 5.13. The van der Waals surface area contributed by atoms with Crippen LogP contribution in [0.4, 0.5) is 0 Å². The molecule has 14 heavy (non-hydrogen) atoms. The number of nitrogens with zero attached hydrogens (tertiary/aromatic N) is 2. The smallest absolute Gasteiger partial charge is 0.0735 e. The van der Waals surface area contributed by atoms with E-state index in [9.17, 15) is 0 Å². The number of hydrogen-bond acceptors (Lipinski definition) is 3. The van der Waals surface area contributed by atoms with Crippen molar-refractivity contribution in [2.24, 2.45) is 0 Å². The van der Waals surface area contributed by atoms with E-state index in [1.54, 1.807) is 6.20 Å². The maximum Gasteiger partial charge on any atom is 0.0735 e. The van der Waals surface area contributed by atoms with Gasteiger partial charge in [-0.3, -0.25) is 5.10 Å². The minimum absolute atomic E-state index is 0.756. The van der Waals surface area contributed by atoms with Crippen LogP contribution in [0.1, 0.15) is 11.3 Å². The van der Waals surface area contributed by atoms with E-state index in [1.807, 2.05) is 24.3 Å². The molecule has 1 radical (unpaired) electrons. The molecule has 0 fully saturated rings. The number of nitrogens with one attached hydrogen (secondary N) is 2. The summed E-state index contributed by atoms with van der Waals surface area (Å²) in [5, 5.41) is 13.4. The van der Waals surface area contributed by atoms with Crippen LogP contribution in [0.2, 0.25) is 0 Å². The Kier molecular flexibility index (Phi) is 2.88. The lowest BCUT2D eigenvalue weighted by Crippen LogP contribution is -2.12. The number of rotatable bonds is 4. The van der Waals surface area contributed by atoms with Gasteiger partial charge in [0.2, 0.25) is 0 Å². The predicted octanol–water partition coefficient (Wildman–Crippen LogP) is 0.895. The van der Waals surface area contributed by atoms with Crippen LogP contribution in [0.15, 0.2) is 30.5 Å². The highest BCUT2D eigenvalue weighted by Crippen LogP contribution is 1.97. The van der Waals surface area contributed by atoms with Crippen molar-refractivity contribution in [1.82, 2.24) is 20.7 Å². The quantitative estimate of drug-likeness (QED) is 0.747. The molecule has 0 aliphatic heterocycles. The molecule has 1 aromatic heterocycles. The molecule has 0 amide bonds. The van der Waals surface area contributed by atoms with Gasteiger partial charge in [0.25, 0.3) is 0 Å². The predicted molar refractivity (Wildman–Crippen MR) is 52.2 cm³/mol. The minimum atomic E-state index is 0.756. The van der Waals surface area contributed by atoms with E-state index in [2.05, 4.69) is 26.8 Å². The molecule has 2 aromatic rings. The van der Waals surface area contributed by atoms with Gasteiger partial charge < -0.3 is 5.32 Å². The number of aromatic nitrogens is 3. The Morgan fingerprint density at radius 2 is 2.14 bits per heavy atom. The van der Waals surface area contributed by atoms with Crippen LogP contribution in [0.5, 0.6) is 0 Å². The first-order valence-corrected chi connectivity index (χ1v) is 4.46. The van der Waals surface area contributed by atoms with Gasteiger partial charge in [0.05, 0.1) is 11.9 Å². The van der Waals surface area contributed by atoms with E-state index in [0.29, 0.717) is 0 Å². The Balaban J connectivity index is 1.79. The van der Waals surface area contributed by atoms with Crippen LogP contribution >= 0.6 is 0 Å². The summed E-state index contributed by atoms with van der Waals surface area (Å²) in [6.45, 7) is 1.60. The van der Waals surface area contributed by atoms with Crippen LogP contribution in [-0.4, -0.2) is 15.4 Å². The normalized spacial score (nSPS) is 10.3. The van der Waals surface area contributed by atoms with Gasteiger partial charge in [-0.25, -0.2) is 0 Å². The van der Waals surface area contributed by atoms with Gasteiger partial charge >= 0.3 is 0 Å². The van der Waals surface area contributed by atoms with E-state index in [-0.39, 0.29) is 0 Å². The van der Waals surface area contributed by atoms with E-state index in [4.69, 9.17) is 0 Å². The fraction of sp³-hybridized carbons (Fsp3) is 0.200. The number of H-pyrrole nitrogens is 1. The van der Waals surface area contributed by atoms with Crippen molar-refractivity contribution in [3.63, 3.8) is 0 Å². The van der Waals surface area contributed by atoms with E-state index in [0.717, 1.165) is 18.8 Å². The molecule has 0 aliphatic carbocycles. The Morgan fingerprint density at radius 1 is 1.29 bits per heavy atom. The first-order valence-electron chi connectivity index (χ1n) is 4.46. The first kappa shape index (κ1) is 8.90. The van der Waals surface area contributed by atoms with Gasteiger partial charge in [-0.15, -0.1) is 5.10 Å². The zero-order valence-corrected chi connectivity index (χ0v) is 7.70. The molecule has 2 rings (SSSR count). The molecule has 1 heterocycles. The molecule has 1 aromatic carbocycles. The summed E-state index contributed by atoms with van der Waals surface area (Å²) in [5.74, 6) is 0. The zero-order chi connectivity index (χ0) is 9.64. The van der Waals surface area contributed by atoms with Crippen LogP contribution in [-0.2, 0) is 13.1 Å². The third-order valence-electron chi connectivity index (χ3n) is 1.90. The molecule has 4 heteroatoms. The van der Waals surface area contributed by atoms with Gasteiger partial charge in [0.15, 0.2) is 0 Å². The van der Waals surface area contributed by atoms with Gasteiger partial charge in [0, 0.05) is 13.1 Å². The lowest BCUT2D eigenvalue weighted by Gasteiger charge is -2.01. The maximum absolute atomic E-state index is 3.70. The molecular weight excluding hydrogens is 176 g/mol. The molecule has 0 saturated carbocycles. The Morgan fingerprint density at radius 3 is 2.86 bits per heavy atom. The Labute approximate surface area is 82.4 Å². The van der Waals surface area contributed by atoms with Gasteiger partial charge in [-0.05, 0) is 11.6 Å². The van der Waals surface area contributed by atoms with Crippen LogP contribution in [0.25, 0.3) is 0 Å². The van der Waals surface area contributed by atoms with Crippen molar-refractivity contribution >= 4 is 0 Å². The monoisotopic (exact) mass is 187 g/mol. The zero-order valence-electron chi connectivity index (χ0n) is 7.70. The summed E-state index contributed by atoms with van der Waals surface area (Å²) in [7, 11) is 0. The van der Waals surface area contributed by atoms with E-state index in [1.165, 1.54) is 5.56 Å². The van der Waals surface area contributed by atoms with Crippen LogP contribution in [0, 0.1) is 6.07 Å². The second-order valence-electron chi connectivity index (χ2n) is 2.99. The topological polar surface area (TPSA) is 53.6 Å². The van der Waals surface area contributed by atoms with Crippen molar-refractivity contribution < 1.29 is 0 Å². The summed E-state index contributed by atoms with van der Waals surface area (Å²) in [6.07, 6.45) is 1.71. The highest BCUT2D eigenvalue weighted by atomic mass is 15.3. The van der Waals surface area contributed by atoms with Crippen molar-refractivity contribution in [3.05, 3.63) is 47.8 Å². The summed E-state index contributed by atoms with van der Waals surface area (Å²) < 4.78 is 0. The van der Waals surface area contributed by atoms with Crippen LogP contribution in [0.3, 0.4) is 0 Å². The second-order valence-corrected chi connectivity index (χ2v) is 2.99. The summed E-state index contributed by atoms with van der Waals surface area (Å²) >= 11 is 0. The van der Waals surface area contributed by atoms with Crippen molar-refractivity contribution in [1.29, 1.82) is 0 Å². The Hall–Kier alpha value is -1.68. The van der Waals surface area contributed by atoms with Crippen molar-refractivity contribution in [2.75, 3.05) is 0 Å². The van der Waals surface area contributed by atoms with Gasteiger partial charge in [0.1, 0.15) is 0 Å². The fourth-order valence-corrected chi connectivity index (χ4v) is 1.19. The molecule has 0 saturated heterocycles. The summed E-state index contributed by atoms with van der Waals surface area (Å²) in [4.78, 5) is 0. The van der Waals surface area contributed by atoms with Crippen LogP contribution < -0.4 is 5.32 Å². The molecule has 0 aliphatic rings. The van der Waals surface area contributed by atoms with Gasteiger partial charge in [-0.1, -0.05) is 29.5 Å². The fourth-order valence-electron chi connectivity index (χ4n) is 1.19. The largest absolute Gasteiger partial charge is 0.307 e. The van der Waals surface area contributed by atoms with E-state index < -0.39 is 0 Å². The Bertz CT molecular complexity index is 355. The summed E-state index contributed by atoms with van der Waals surface area (Å²) in [5.41, 5.74) is 2.24. The molecule has 0 spiro atoms. The lowest BCUT2D eigenvalue weighted by molar-refractivity contribution is 0.677. The van der Waals surface area contributed by atoms with Crippen molar-refractivity contribution in [3.8, 4) is 0 Å². The number of aromatic amines is 1. The molecular formula is C10H11N4. The SMILES string of the molecule is [c]1ccc(CNCc2cnn[nH]2)cc1.